The molecule has 0 aliphatic carbocycles. The van der Waals surface area contributed by atoms with Crippen molar-refractivity contribution >= 4 is 10.8 Å². The van der Waals surface area contributed by atoms with E-state index in [4.69, 9.17) is 0 Å². The van der Waals surface area contributed by atoms with E-state index in [-0.39, 0.29) is 11.2 Å². The van der Waals surface area contributed by atoms with E-state index in [1.807, 2.05) is 25.1 Å². The summed E-state index contributed by atoms with van der Waals surface area (Å²) in [6, 6.07) is 10.4. The van der Waals surface area contributed by atoms with Crippen LogP contribution >= 0.6 is 0 Å². The molecule has 0 heterocycles. The van der Waals surface area contributed by atoms with Gasteiger partial charge in [-0.05, 0) is 29.8 Å². The number of hydrogen-bond donors (Lipinski definition) is 1. The van der Waals surface area contributed by atoms with Gasteiger partial charge in [0.2, 0.25) is 5.43 Å². The van der Waals surface area contributed by atoms with Crippen molar-refractivity contribution in [3.8, 4) is 5.75 Å². The van der Waals surface area contributed by atoms with Crippen molar-refractivity contribution in [1.82, 2.24) is 0 Å². The molecule has 14 heavy (non-hydrogen) atoms. The Hall–Kier alpha value is -1.83. The first-order valence-electron chi connectivity index (χ1n) is 4.40. The minimum atomic E-state index is -0.344. The molecule has 0 fully saturated rings. The van der Waals surface area contributed by atoms with Crippen molar-refractivity contribution in [3.05, 3.63) is 52.2 Å². The zero-order valence-corrected chi connectivity index (χ0v) is 7.82. The standard InChI is InChI=1S/C12H10O2/c1-8-2-3-10-7-12(14)11(13)5-4-9(10)6-8/h2-7H,1H3,(H,13,14). The Morgan fingerprint density at radius 3 is 2.43 bits per heavy atom. The van der Waals surface area contributed by atoms with E-state index in [0.717, 1.165) is 16.3 Å². The molecule has 0 spiro atoms. The molecule has 0 radical (unpaired) electrons. The highest BCUT2D eigenvalue weighted by atomic mass is 16.3. The maximum absolute atomic E-state index is 11.3. The van der Waals surface area contributed by atoms with Crippen LogP contribution in [0.1, 0.15) is 5.56 Å². The number of aromatic hydroxyl groups is 1. The van der Waals surface area contributed by atoms with Crippen molar-refractivity contribution in [2.24, 2.45) is 0 Å². The fraction of sp³-hybridized carbons (Fsp3) is 0.0833. The third-order valence-electron chi connectivity index (χ3n) is 2.20. The molecule has 0 unspecified atom stereocenters. The molecule has 0 saturated heterocycles. The van der Waals surface area contributed by atoms with Gasteiger partial charge in [0.25, 0.3) is 0 Å². The Morgan fingerprint density at radius 2 is 1.64 bits per heavy atom. The Bertz CT molecular complexity index is 544. The molecule has 0 aliphatic heterocycles. The van der Waals surface area contributed by atoms with Gasteiger partial charge in [-0.2, -0.15) is 0 Å². The van der Waals surface area contributed by atoms with E-state index < -0.39 is 0 Å². The van der Waals surface area contributed by atoms with Crippen molar-refractivity contribution in [1.29, 1.82) is 0 Å². The van der Waals surface area contributed by atoms with Crippen LogP contribution in [0.5, 0.6) is 5.75 Å². The highest BCUT2D eigenvalue weighted by Crippen LogP contribution is 2.14. The Labute approximate surface area is 81.4 Å². The van der Waals surface area contributed by atoms with Gasteiger partial charge < -0.3 is 5.11 Å². The number of rotatable bonds is 0. The van der Waals surface area contributed by atoms with Gasteiger partial charge in [-0.25, -0.2) is 0 Å². The predicted molar refractivity (Wildman–Crippen MR) is 56.6 cm³/mol. The zero-order valence-electron chi connectivity index (χ0n) is 7.82. The highest BCUT2D eigenvalue weighted by molar-refractivity contribution is 5.82. The maximum atomic E-state index is 11.3. The lowest BCUT2D eigenvalue weighted by Crippen LogP contribution is -1.92. The molecule has 2 nitrogen and oxygen atoms in total. The summed E-state index contributed by atoms with van der Waals surface area (Å²) < 4.78 is 0. The Balaban J connectivity index is 2.93. The second-order valence-corrected chi connectivity index (χ2v) is 3.36. The summed E-state index contributed by atoms with van der Waals surface area (Å²) in [6.45, 7) is 1.99. The summed E-state index contributed by atoms with van der Waals surface area (Å²) in [7, 11) is 0. The van der Waals surface area contributed by atoms with E-state index in [0.29, 0.717) is 0 Å². The highest BCUT2D eigenvalue weighted by Gasteiger charge is 1.96. The number of fused-ring (bicyclic) bond motifs is 1. The van der Waals surface area contributed by atoms with Gasteiger partial charge in [0.15, 0.2) is 5.75 Å². The lowest BCUT2D eigenvalue weighted by atomic mass is 10.1. The first-order valence-corrected chi connectivity index (χ1v) is 4.40. The van der Waals surface area contributed by atoms with E-state index in [9.17, 15) is 9.90 Å². The van der Waals surface area contributed by atoms with E-state index in [2.05, 4.69) is 0 Å². The van der Waals surface area contributed by atoms with Gasteiger partial charge in [-0.1, -0.05) is 29.8 Å². The molecule has 0 aromatic heterocycles. The summed E-state index contributed by atoms with van der Waals surface area (Å²) in [5.74, 6) is -0.209. The lowest BCUT2D eigenvalue weighted by Gasteiger charge is -1.93. The van der Waals surface area contributed by atoms with E-state index in [1.165, 1.54) is 12.1 Å². The van der Waals surface area contributed by atoms with Gasteiger partial charge in [-0.3, -0.25) is 4.79 Å². The normalized spacial score (nSPS) is 10.4. The smallest absolute Gasteiger partial charge is 0.220 e. The van der Waals surface area contributed by atoms with Gasteiger partial charge in [-0.15, -0.1) is 0 Å². The number of hydrogen-bond acceptors (Lipinski definition) is 2. The SMILES string of the molecule is Cc1ccc2cc(=O)c(O)ccc2c1. The molecular formula is C12H10O2. The van der Waals surface area contributed by atoms with Crippen LogP contribution < -0.4 is 5.43 Å². The monoisotopic (exact) mass is 186 g/mol. The second kappa shape index (κ2) is 3.14. The molecule has 1 N–H and O–H groups in total. The molecule has 0 atom stereocenters. The summed E-state index contributed by atoms with van der Waals surface area (Å²) in [5.41, 5.74) is 0.791. The van der Waals surface area contributed by atoms with Gasteiger partial charge in [0, 0.05) is 0 Å². The van der Waals surface area contributed by atoms with Crippen LogP contribution in [0.2, 0.25) is 0 Å². The molecule has 0 bridgehead atoms. The summed E-state index contributed by atoms with van der Waals surface area (Å²) in [4.78, 5) is 11.3. The van der Waals surface area contributed by atoms with Crippen molar-refractivity contribution in [2.75, 3.05) is 0 Å². The summed E-state index contributed by atoms with van der Waals surface area (Å²) in [5, 5.41) is 11.1. The average Bonchev–Trinajstić information content (AvgIpc) is 2.29. The van der Waals surface area contributed by atoms with Crippen LogP contribution in [-0.2, 0) is 0 Å². The summed E-state index contributed by atoms with van der Waals surface area (Å²) in [6.07, 6.45) is 0. The topological polar surface area (TPSA) is 37.3 Å². The van der Waals surface area contributed by atoms with Crippen molar-refractivity contribution in [2.45, 2.75) is 6.92 Å². The minimum Gasteiger partial charge on any atom is -0.504 e. The van der Waals surface area contributed by atoms with Crippen molar-refractivity contribution < 1.29 is 5.11 Å². The van der Waals surface area contributed by atoms with E-state index in [1.54, 1.807) is 6.07 Å². The third-order valence-corrected chi connectivity index (χ3v) is 2.20. The fourth-order valence-electron chi connectivity index (χ4n) is 1.44. The molecule has 2 aromatic carbocycles. The molecule has 2 heteroatoms. The second-order valence-electron chi connectivity index (χ2n) is 3.36. The fourth-order valence-corrected chi connectivity index (χ4v) is 1.44. The van der Waals surface area contributed by atoms with Crippen LogP contribution in [-0.4, -0.2) is 5.11 Å². The molecule has 0 aliphatic rings. The molecule has 0 amide bonds. The Kier molecular flexibility index (Phi) is 1.97. The van der Waals surface area contributed by atoms with E-state index >= 15 is 0 Å². The lowest BCUT2D eigenvalue weighted by molar-refractivity contribution is 0.471. The Morgan fingerprint density at radius 1 is 1.00 bits per heavy atom. The third kappa shape index (κ3) is 1.46. The predicted octanol–water partition coefficient (Wildman–Crippen LogP) is 2.21. The van der Waals surface area contributed by atoms with Crippen LogP contribution in [0, 0.1) is 6.92 Å². The molecule has 2 rings (SSSR count). The van der Waals surface area contributed by atoms with Crippen molar-refractivity contribution in [3.63, 3.8) is 0 Å². The first-order chi connectivity index (χ1) is 6.66. The molecule has 70 valence electrons. The van der Waals surface area contributed by atoms with Crippen LogP contribution in [0.25, 0.3) is 10.8 Å². The maximum Gasteiger partial charge on any atom is 0.220 e. The van der Waals surface area contributed by atoms with Crippen LogP contribution in [0.3, 0.4) is 0 Å². The number of aryl methyl sites for hydroxylation is 1. The van der Waals surface area contributed by atoms with Gasteiger partial charge in [0.05, 0.1) is 0 Å². The van der Waals surface area contributed by atoms with Gasteiger partial charge >= 0.3 is 0 Å². The summed E-state index contributed by atoms with van der Waals surface area (Å²) >= 11 is 0. The average molecular weight is 186 g/mol. The zero-order chi connectivity index (χ0) is 10.1. The minimum absolute atomic E-state index is 0.209. The van der Waals surface area contributed by atoms with Gasteiger partial charge in [0.1, 0.15) is 0 Å². The molecule has 2 aromatic rings. The van der Waals surface area contributed by atoms with Crippen LogP contribution in [0.15, 0.2) is 41.2 Å². The molecular weight excluding hydrogens is 176 g/mol. The largest absolute Gasteiger partial charge is 0.504 e. The first kappa shape index (κ1) is 8.75. The number of benzene rings is 1. The molecule has 0 saturated carbocycles. The quantitative estimate of drug-likeness (QED) is 0.684. The van der Waals surface area contributed by atoms with Crippen LogP contribution in [0.4, 0.5) is 0 Å².